The quantitative estimate of drug-likeness (QED) is 0.663. The SMILES string of the molecule is CNS(=O)(=O)c1ccc(Cl)c(C(=O)OCC(=O)NC(C)(C)CC(C)(C)C)c1. The van der Waals surface area contributed by atoms with Crippen molar-refractivity contribution < 1.29 is 22.7 Å². The minimum Gasteiger partial charge on any atom is -0.452 e. The molecule has 0 bridgehead atoms. The topological polar surface area (TPSA) is 102 Å². The molecule has 0 heterocycles. The molecule has 1 rings (SSSR count). The third-order valence-electron chi connectivity index (χ3n) is 3.52. The van der Waals surface area contributed by atoms with E-state index in [0.717, 1.165) is 12.5 Å². The van der Waals surface area contributed by atoms with E-state index in [1.807, 2.05) is 13.8 Å². The Morgan fingerprint density at radius 2 is 1.74 bits per heavy atom. The Morgan fingerprint density at radius 1 is 1.15 bits per heavy atom. The largest absolute Gasteiger partial charge is 0.452 e. The third-order valence-corrected chi connectivity index (χ3v) is 5.26. The van der Waals surface area contributed by atoms with Crippen LogP contribution in [0.3, 0.4) is 0 Å². The summed E-state index contributed by atoms with van der Waals surface area (Å²) in [5.41, 5.74) is -0.588. The Hall–Kier alpha value is -1.64. The number of rotatable bonds is 7. The molecule has 0 saturated carbocycles. The van der Waals surface area contributed by atoms with E-state index in [2.05, 4.69) is 30.8 Å². The summed E-state index contributed by atoms with van der Waals surface area (Å²) < 4.78 is 30.9. The molecule has 1 aromatic carbocycles. The molecule has 2 N–H and O–H groups in total. The molecule has 0 atom stereocenters. The van der Waals surface area contributed by atoms with Crippen LogP contribution in [0, 0.1) is 5.41 Å². The summed E-state index contributed by atoms with van der Waals surface area (Å²) in [6.07, 6.45) is 0.732. The highest BCUT2D eigenvalue weighted by Gasteiger charge is 2.27. The zero-order valence-electron chi connectivity index (χ0n) is 16.5. The van der Waals surface area contributed by atoms with Crippen molar-refractivity contribution in [2.45, 2.75) is 51.5 Å². The number of carbonyl (C=O) groups excluding carboxylic acids is 2. The first-order chi connectivity index (χ1) is 12.2. The summed E-state index contributed by atoms with van der Waals surface area (Å²) in [4.78, 5) is 24.2. The van der Waals surface area contributed by atoms with E-state index in [-0.39, 0.29) is 20.9 Å². The highest BCUT2D eigenvalue weighted by molar-refractivity contribution is 7.89. The maximum Gasteiger partial charge on any atom is 0.340 e. The van der Waals surface area contributed by atoms with Crippen LogP contribution in [-0.4, -0.2) is 39.5 Å². The maximum atomic E-state index is 12.2. The molecule has 0 aromatic heterocycles. The first-order valence-electron chi connectivity index (χ1n) is 8.38. The number of hydrogen-bond donors (Lipinski definition) is 2. The molecule has 27 heavy (non-hydrogen) atoms. The lowest BCUT2D eigenvalue weighted by Crippen LogP contribution is -2.47. The normalized spacial score (nSPS) is 12.6. The molecule has 0 saturated heterocycles. The number of benzene rings is 1. The lowest BCUT2D eigenvalue weighted by Gasteiger charge is -2.33. The van der Waals surface area contributed by atoms with E-state index in [1.165, 1.54) is 19.2 Å². The zero-order chi connectivity index (χ0) is 21.0. The molecule has 0 aliphatic heterocycles. The van der Waals surface area contributed by atoms with E-state index in [9.17, 15) is 18.0 Å². The Kier molecular flexibility index (Phi) is 7.44. The van der Waals surface area contributed by atoms with E-state index in [1.54, 1.807) is 0 Å². The smallest absolute Gasteiger partial charge is 0.340 e. The first kappa shape index (κ1) is 23.4. The van der Waals surface area contributed by atoms with Crippen molar-refractivity contribution in [3.8, 4) is 0 Å². The summed E-state index contributed by atoms with van der Waals surface area (Å²) in [5, 5.41) is 2.86. The van der Waals surface area contributed by atoms with Crippen molar-refractivity contribution in [1.29, 1.82) is 0 Å². The molecule has 0 aliphatic carbocycles. The number of ether oxygens (including phenoxy) is 1. The fourth-order valence-electron chi connectivity index (χ4n) is 2.94. The minimum absolute atomic E-state index is 0.0141. The number of hydrogen-bond acceptors (Lipinski definition) is 5. The van der Waals surface area contributed by atoms with Crippen LogP contribution in [-0.2, 0) is 19.6 Å². The average Bonchev–Trinajstić information content (AvgIpc) is 2.49. The van der Waals surface area contributed by atoms with Crippen molar-refractivity contribution in [2.24, 2.45) is 5.41 Å². The second-order valence-electron chi connectivity index (χ2n) is 8.09. The molecule has 152 valence electrons. The van der Waals surface area contributed by atoms with E-state index < -0.39 is 34.0 Å². The molecule has 0 spiro atoms. The van der Waals surface area contributed by atoms with Gasteiger partial charge in [0.05, 0.1) is 15.5 Å². The van der Waals surface area contributed by atoms with Gasteiger partial charge in [0.25, 0.3) is 5.91 Å². The number of amides is 1. The Balaban J connectivity index is 2.80. The van der Waals surface area contributed by atoms with E-state index in [0.29, 0.717) is 0 Å². The van der Waals surface area contributed by atoms with E-state index >= 15 is 0 Å². The van der Waals surface area contributed by atoms with Gasteiger partial charge < -0.3 is 10.1 Å². The lowest BCUT2D eigenvalue weighted by molar-refractivity contribution is -0.126. The number of carbonyl (C=O) groups is 2. The Labute approximate surface area is 165 Å². The van der Waals surface area contributed by atoms with Crippen molar-refractivity contribution in [3.05, 3.63) is 28.8 Å². The van der Waals surface area contributed by atoms with Gasteiger partial charge in [-0.3, -0.25) is 4.79 Å². The summed E-state index contributed by atoms with van der Waals surface area (Å²) in [6, 6.07) is 3.67. The van der Waals surface area contributed by atoms with Crippen molar-refractivity contribution >= 4 is 33.5 Å². The average molecular weight is 419 g/mol. The number of sulfonamides is 1. The van der Waals surface area contributed by atoms with Gasteiger partial charge in [-0.1, -0.05) is 32.4 Å². The molecule has 9 heteroatoms. The van der Waals surface area contributed by atoms with Crippen LogP contribution in [0.5, 0.6) is 0 Å². The summed E-state index contributed by atoms with van der Waals surface area (Å²) in [7, 11) is -2.48. The molecule has 1 aromatic rings. The molecule has 0 fully saturated rings. The minimum atomic E-state index is -3.74. The highest BCUT2D eigenvalue weighted by atomic mass is 35.5. The summed E-state index contributed by atoms with van der Waals surface area (Å²) >= 11 is 5.96. The third kappa shape index (κ3) is 7.48. The van der Waals surface area contributed by atoms with Gasteiger partial charge in [0, 0.05) is 5.54 Å². The fraction of sp³-hybridized carbons (Fsp3) is 0.556. The van der Waals surface area contributed by atoms with Gasteiger partial charge in [-0.05, 0) is 50.9 Å². The number of halogens is 1. The van der Waals surface area contributed by atoms with Gasteiger partial charge in [0.2, 0.25) is 10.0 Å². The van der Waals surface area contributed by atoms with Gasteiger partial charge in [-0.15, -0.1) is 0 Å². The van der Waals surface area contributed by atoms with Gasteiger partial charge in [-0.2, -0.15) is 0 Å². The van der Waals surface area contributed by atoms with Crippen LogP contribution in [0.25, 0.3) is 0 Å². The predicted molar refractivity (Wildman–Crippen MR) is 104 cm³/mol. The summed E-state index contributed by atoms with van der Waals surface area (Å²) in [6.45, 7) is 9.48. The first-order valence-corrected chi connectivity index (χ1v) is 10.2. The predicted octanol–water partition coefficient (Wildman–Crippen LogP) is 2.74. The van der Waals surface area contributed by atoms with Crippen molar-refractivity contribution in [2.75, 3.05) is 13.7 Å². The van der Waals surface area contributed by atoms with Gasteiger partial charge in [0.15, 0.2) is 6.61 Å². The molecule has 0 aliphatic rings. The molecule has 7 nitrogen and oxygen atoms in total. The van der Waals surface area contributed by atoms with Crippen LogP contribution in [0.15, 0.2) is 23.1 Å². The maximum absolute atomic E-state index is 12.2. The second kappa shape index (κ2) is 8.58. The van der Waals surface area contributed by atoms with Crippen LogP contribution < -0.4 is 10.0 Å². The molecule has 0 unspecified atom stereocenters. The van der Waals surface area contributed by atoms with Gasteiger partial charge >= 0.3 is 5.97 Å². The van der Waals surface area contributed by atoms with Crippen LogP contribution in [0.1, 0.15) is 51.4 Å². The van der Waals surface area contributed by atoms with Crippen molar-refractivity contribution in [1.82, 2.24) is 10.0 Å². The van der Waals surface area contributed by atoms with E-state index in [4.69, 9.17) is 16.3 Å². The lowest BCUT2D eigenvalue weighted by atomic mass is 9.82. The Morgan fingerprint density at radius 3 is 2.26 bits per heavy atom. The second-order valence-corrected chi connectivity index (χ2v) is 10.4. The molecule has 0 radical (unpaired) electrons. The van der Waals surface area contributed by atoms with Crippen molar-refractivity contribution in [3.63, 3.8) is 0 Å². The summed E-state index contributed by atoms with van der Waals surface area (Å²) in [5.74, 6) is -1.33. The fourth-order valence-corrected chi connectivity index (χ4v) is 3.89. The number of nitrogens with one attached hydrogen (secondary N) is 2. The van der Waals surface area contributed by atoms with Gasteiger partial charge in [-0.25, -0.2) is 17.9 Å². The van der Waals surface area contributed by atoms with Crippen LogP contribution >= 0.6 is 11.6 Å². The van der Waals surface area contributed by atoms with Crippen LogP contribution in [0.2, 0.25) is 5.02 Å². The monoisotopic (exact) mass is 418 g/mol. The van der Waals surface area contributed by atoms with Crippen LogP contribution in [0.4, 0.5) is 0 Å². The zero-order valence-corrected chi connectivity index (χ0v) is 18.0. The molecular formula is C18H27ClN2O5S. The molecular weight excluding hydrogens is 392 g/mol. The highest BCUT2D eigenvalue weighted by Crippen LogP contribution is 2.26. The van der Waals surface area contributed by atoms with Gasteiger partial charge in [0.1, 0.15) is 0 Å². The standard InChI is InChI=1S/C18H27ClN2O5S/c1-17(2,3)11-18(4,5)21-15(22)10-26-16(23)13-9-12(7-8-14(13)19)27(24,25)20-6/h7-9,20H,10-11H2,1-6H3,(H,21,22). The Bertz CT molecular complexity index is 814. The molecule has 1 amide bonds. The number of esters is 1.